The molecule has 0 unspecified atom stereocenters. The maximum absolute atomic E-state index is 10.6. The second-order valence-electron chi connectivity index (χ2n) is 9.12. The molecule has 6 aromatic carbocycles. The molecule has 8 nitrogen and oxygen atoms in total. The standard InChI is InChI=1S/C32H22N4O4.2Cu/c37-29-17-21(11-13-25(29)33-35-27-15-9-19-5-1-3-7-23(19)31(27)39)22-12-14-26(30(38)18-22)34-36-28-16-10-20-6-2-4-8-24(20)32(28)40;;/h1-18,37-40H;;. The molecule has 216 valence electrons. The zero-order valence-electron chi connectivity index (χ0n) is 21.6. The van der Waals surface area contributed by atoms with Crippen molar-refractivity contribution in [1.82, 2.24) is 0 Å². The van der Waals surface area contributed by atoms with Crippen LogP contribution in [0.25, 0.3) is 32.7 Å². The molecule has 6 aromatic rings. The number of phenols is 4. The topological polar surface area (TPSA) is 130 Å². The molecular formula is C32H22Cu2N4O4. The van der Waals surface area contributed by atoms with E-state index in [-0.39, 0.29) is 79.9 Å². The Bertz CT molecular complexity index is 1840. The number of benzene rings is 6. The van der Waals surface area contributed by atoms with E-state index in [0.717, 1.165) is 10.8 Å². The minimum Gasteiger partial charge on any atom is -0.506 e. The molecule has 0 atom stereocenters. The number of fused-ring (bicyclic) bond motifs is 2. The number of phenolic OH excluding ortho intramolecular Hbond substituents is 4. The quantitative estimate of drug-likeness (QED) is 0.109. The number of rotatable bonds is 5. The van der Waals surface area contributed by atoms with Crippen LogP contribution in [0.5, 0.6) is 23.0 Å². The van der Waals surface area contributed by atoms with Crippen molar-refractivity contribution in [2.75, 3.05) is 0 Å². The van der Waals surface area contributed by atoms with Gasteiger partial charge in [0, 0.05) is 44.9 Å². The molecule has 4 N–H and O–H groups in total. The maximum Gasteiger partial charge on any atom is 0.150 e. The Morgan fingerprint density at radius 3 is 1.14 bits per heavy atom. The third-order valence-electron chi connectivity index (χ3n) is 6.57. The van der Waals surface area contributed by atoms with Gasteiger partial charge < -0.3 is 20.4 Å². The fraction of sp³-hybridized carbons (Fsp3) is 0. The van der Waals surface area contributed by atoms with Crippen LogP contribution in [0.4, 0.5) is 22.7 Å². The number of nitrogens with zero attached hydrogens (tertiary/aromatic N) is 4. The summed E-state index contributed by atoms with van der Waals surface area (Å²) in [7, 11) is 0. The van der Waals surface area contributed by atoms with Crippen LogP contribution >= 0.6 is 0 Å². The summed E-state index contributed by atoms with van der Waals surface area (Å²) in [5, 5.41) is 61.7. The van der Waals surface area contributed by atoms with E-state index < -0.39 is 0 Å². The van der Waals surface area contributed by atoms with Gasteiger partial charge in [-0.25, -0.2) is 0 Å². The van der Waals surface area contributed by atoms with Crippen LogP contribution in [0.3, 0.4) is 0 Å². The van der Waals surface area contributed by atoms with E-state index in [1.807, 2.05) is 48.5 Å². The average Bonchev–Trinajstić information content (AvgIpc) is 2.98. The van der Waals surface area contributed by atoms with E-state index in [0.29, 0.717) is 21.9 Å². The molecule has 6 rings (SSSR count). The second kappa shape index (κ2) is 12.8. The first kappa shape index (κ1) is 30.2. The molecule has 0 aliphatic rings. The van der Waals surface area contributed by atoms with Gasteiger partial charge in [0.15, 0.2) is 11.5 Å². The SMILES string of the molecule is Oc1cc(-c2ccc(N=Nc3ccc4ccccc4c3O)c(O)c2)ccc1N=Nc1ccc2ccccc2c1O.[Cu].[Cu]. The van der Waals surface area contributed by atoms with E-state index in [2.05, 4.69) is 20.5 Å². The van der Waals surface area contributed by atoms with Crippen molar-refractivity contribution < 1.29 is 54.6 Å². The summed E-state index contributed by atoms with van der Waals surface area (Å²) in [4.78, 5) is 0. The fourth-order valence-corrected chi connectivity index (χ4v) is 4.44. The Labute approximate surface area is 261 Å². The number of hydrogen-bond acceptors (Lipinski definition) is 8. The molecule has 0 saturated carbocycles. The molecule has 0 bridgehead atoms. The third kappa shape index (κ3) is 5.98. The number of hydrogen-bond donors (Lipinski definition) is 4. The van der Waals surface area contributed by atoms with Gasteiger partial charge in [-0.05, 0) is 58.3 Å². The molecule has 2 radical (unpaired) electrons. The van der Waals surface area contributed by atoms with Crippen LogP contribution in [0.2, 0.25) is 0 Å². The van der Waals surface area contributed by atoms with Crippen molar-refractivity contribution in [3.63, 3.8) is 0 Å². The van der Waals surface area contributed by atoms with Crippen molar-refractivity contribution in [1.29, 1.82) is 0 Å². The van der Waals surface area contributed by atoms with Crippen molar-refractivity contribution in [3.8, 4) is 34.1 Å². The first-order valence-corrected chi connectivity index (χ1v) is 12.4. The molecule has 42 heavy (non-hydrogen) atoms. The van der Waals surface area contributed by atoms with Crippen LogP contribution in [0, 0.1) is 0 Å². The normalized spacial score (nSPS) is 11.1. The summed E-state index contributed by atoms with van der Waals surface area (Å²) >= 11 is 0. The molecule has 0 heterocycles. The first-order valence-electron chi connectivity index (χ1n) is 12.4. The first-order chi connectivity index (χ1) is 19.5. The molecule has 0 saturated heterocycles. The maximum atomic E-state index is 10.6. The Kier molecular flexibility index (Phi) is 9.25. The second-order valence-corrected chi connectivity index (χ2v) is 9.12. The van der Waals surface area contributed by atoms with Crippen LogP contribution in [-0.4, -0.2) is 20.4 Å². The van der Waals surface area contributed by atoms with Gasteiger partial charge in [-0.1, -0.05) is 72.8 Å². The average molecular weight is 654 g/mol. The van der Waals surface area contributed by atoms with Gasteiger partial charge in [0.1, 0.15) is 34.2 Å². The molecular weight excluding hydrogens is 631 g/mol. The Balaban J connectivity index is 0.00000202. The summed E-state index contributed by atoms with van der Waals surface area (Å²) in [6.45, 7) is 0. The van der Waals surface area contributed by atoms with Crippen molar-refractivity contribution >= 4 is 44.3 Å². The van der Waals surface area contributed by atoms with Gasteiger partial charge in [-0.15, -0.1) is 20.5 Å². The third-order valence-corrected chi connectivity index (χ3v) is 6.57. The largest absolute Gasteiger partial charge is 0.506 e. The van der Waals surface area contributed by atoms with Gasteiger partial charge in [-0.2, -0.15) is 0 Å². The van der Waals surface area contributed by atoms with Crippen molar-refractivity contribution in [2.24, 2.45) is 20.5 Å². The molecule has 0 aromatic heterocycles. The summed E-state index contributed by atoms with van der Waals surface area (Å²) in [5.74, 6) is -0.198. The number of azo groups is 2. The predicted octanol–water partition coefficient (Wildman–Crippen LogP) is 9.31. The van der Waals surface area contributed by atoms with Crippen LogP contribution in [-0.2, 0) is 34.1 Å². The Morgan fingerprint density at radius 1 is 0.381 bits per heavy atom. The van der Waals surface area contributed by atoms with Crippen LogP contribution < -0.4 is 0 Å². The Morgan fingerprint density at radius 2 is 0.738 bits per heavy atom. The number of aromatic hydroxyl groups is 4. The summed E-state index contributed by atoms with van der Waals surface area (Å²) in [6, 6.07) is 31.5. The molecule has 0 aliphatic heterocycles. The summed E-state index contributed by atoms with van der Waals surface area (Å²) < 4.78 is 0. The van der Waals surface area contributed by atoms with E-state index >= 15 is 0 Å². The molecule has 0 amide bonds. The summed E-state index contributed by atoms with van der Waals surface area (Å²) in [5.41, 5.74) is 2.29. The zero-order valence-corrected chi connectivity index (χ0v) is 23.5. The molecule has 0 aliphatic carbocycles. The zero-order chi connectivity index (χ0) is 27.6. The van der Waals surface area contributed by atoms with E-state index in [9.17, 15) is 20.4 Å². The van der Waals surface area contributed by atoms with Gasteiger partial charge in [0.2, 0.25) is 0 Å². The molecule has 0 spiro atoms. The van der Waals surface area contributed by atoms with E-state index in [1.165, 1.54) is 12.1 Å². The van der Waals surface area contributed by atoms with Crippen molar-refractivity contribution in [2.45, 2.75) is 0 Å². The Hall–Kier alpha value is -4.72. The smallest absolute Gasteiger partial charge is 0.150 e. The van der Waals surface area contributed by atoms with Gasteiger partial charge in [-0.3, -0.25) is 0 Å². The van der Waals surface area contributed by atoms with E-state index in [4.69, 9.17) is 0 Å². The molecule has 10 heteroatoms. The van der Waals surface area contributed by atoms with Crippen molar-refractivity contribution in [3.05, 3.63) is 109 Å². The van der Waals surface area contributed by atoms with Gasteiger partial charge in [0.05, 0.1) is 0 Å². The minimum atomic E-state index is -0.114. The predicted molar refractivity (Wildman–Crippen MR) is 155 cm³/mol. The summed E-state index contributed by atoms with van der Waals surface area (Å²) in [6.07, 6.45) is 0. The van der Waals surface area contributed by atoms with Crippen LogP contribution in [0.15, 0.2) is 130 Å². The molecule has 0 fully saturated rings. The fourth-order valence-electron chi connectivity index (χ4n) is 4.44. The van der Waals surface area contributed by atoms with Gasteiger partial charge in [0.25, 0.3) is 0 Å². The minimum absolute atomic E-state index is 0. The monoisotopic (exact) mass is 652 g/mol. The van der Waals surface area contributed by atoms with Crippen LogP contribution in [0.1, 0.15) is 0 Å². The van der Waals surface area contributed by atoms with Gasteiger partial charge >= 0.3 is 0 Å². The van der Waals surface area contributed by atoms with E-state index in [1.54, 1.807) is 48.5 Å².